The van der Waals surface area contributed by atoms with E-state index >= 15 is 0 Å². The first-order valence-electron chi connectivity index (χ1n) is 12.5. The maximum absolute atomic E-state index is 12.9. The number of rotatable bonds is 5. The van der Waals surface area contributed by atoms with Crippen molar-refractivity contribution in [2.75, 3.05) is 52.9 Å². The average Bonchev–Trinajstić information content (AvgIpc) is 3.20. The SMILES string of the molecule is CC(C)N1CCC2C1C(=O)NCC(CCC(=O)N1CCN(C3CCCCN3)CC1)N2C. The van der Waals surface area contributed by atoms with Crippen molar-refractivity contribution >= 4 is 11.8 Å². The molecule has 8 heteroatoms. The highest BCUT2D eigenvalue weighted by Crippen LogP contribution is 2.28. The third-order valence-corrected chi connectivity index (χ3v) is 8.03. The fraction of sp³-hybridized carbons (Fsp3) is 0.913. The number of carbonyl (C=O) groups excluding carboxylic acids is 2. The number of carbonyl (C=O) groups is 2. The van der Waals surface area contributed by atoms with E-state index in [2.05, 4.69) is 46.2 Å². The zero-order chi connectivity index (χ0) is 22.0. The quantitative estimate of drug-likeness (QED) is 0.648. The summed E-state index contributed by atoms with van der Waals surface area (Å²) in [5.74, 6) is 0.427. The van der Waals surface area contributed by atoms with Gasteiger partial charge in [-0.2, -0.15) is 0 Å². The van der Waals surface area contributed by atoms with Gasteiger partial charge in [0, 0.05) is 63.8 Å². The molecule has 0 radical (unpaired) electrons. The number of hydrogen-bond acceptors (Lipinski definition) is 6. The van der Waals surface area contributed by atoms with Crippen molar-refractivity contribution in [2.24, 2.45) is 0 Å². The van der Waals surface area contributed by atoms with Crippen molar-refractivity contribution in [3.8, 4) is 0 Å². The van der Waals surface area contributed by atoms with Gasteiger partial charge in [-0.3, -0.25) is 24.3 Å². The van der Waals surface area contributed by atoms with Crippen LogP contribution in [0.4, 0.5) is 0 Å². The van der Waals surface area contributed by atoms with Crippen molar-refractivity contribution in [1.82, 2.24) is 30.2 Å². The van der Waals surface area contributed by atoms with Crippen molar-refractivity contribution in [2.45, 2.75) is 82.7 Å². The van der Waals surface area contributed by atoms with Gasteiger partial charge < -0.3 is 15.5 Å². The highest BCUT2D eigenvalue weighted by atomic mass is 16.2. The van der Waals surface area contributed by atoms with Crippen LogP contribution in [0.3, 0.4) is 0 Å². The van der Waals surface area contributed by atoms with Crippen molar-refractivity contribution in [3.05, 3.63) is 0 Å². The van der Waals surface area contributed by atoms with E-state index in [1.807, 2.05) is 4.90 Å². The van der Waals surface area contributed by atoms with Gasteiger partial charge in [-0.1, -0.05) is 0 Å². The van der Waals surface area contributed by atoms with Gasteiger partial charge in [-0.05, 0) is 59.5 Å². The number of likely N-dealkylation sites (tertiary alicyclic amines) is 1. The lowest BCUT2D eigenvalue weighted by Gasteiger charge is -2.41. The third kappa shape index (κ3) is 5.07. The summed E-state index contributed by atoms with van der Waals surface area (Å²) < 4.78 is 0. The molecular weight excluding hydrogens is 392 g/mol. The monoisotopic (exact) mass is 434 g/mol. The fourth-order valence-electron chi connectivity index (χ4n) is 6.05. The molecule has 0 aromatic carbocycles. The van der Waals surface area contributed by atoms with E-state index in [1.165, 1.54) is 19.3 Å². The number of nitrogens with one attached hydrogen (secondary N) is 2. The van der Waals surface area contributed by atoms with Crippen LogP contribution in [-0.2, 0) is 9.59 Å². The molecule has 4 unspecified atom stereocenters. The van der Waals surface area contributed by atoms with E-state index < -0.39 is 0 Å². The van der Waals surface area contributed by atoms with Crippen molar-refractivity contribution in [3.63, 3.8) is 0 Å². The molecule has 4 atom stereocenters. The van der Waals surface area contributed by atoms with Gasteiger partial charge in [-0.15, -0.1) is 0 Å². The minimum Gasteiger partial charge on any atom is -0.353 e. The second-order valence-electron chi connectivity index (χ2n) is 10.1. The number of likely N-dealkylation sites (N-methyl/N-ethyl adjacent to an activating group) is 1. The molecule has 176 valence electrons. The third-order valence-electron chi connectivity index (χ3n) is 8.03. The maximum Gasteiger partial charge on any atom is 0.239 e. The summed E-state index contributed by atoms with van der Waals surface area (Å²) in [6.07, 6.45) is 6.71. The second kappa shape index (κ2) is 10.1. The Labute approximate surface area is 187 Å². The Morgan fingerprint density at radius 2 is 1.87 bits per heavy atom. The highest BCUT2D eigenvalue weighted by Gasteiger charge is 2.45. The van der Waals surface area contributed by atoms with E-state index in [1.54, 1.807) is 0 Å². The van der Waals surface area contributed by atoms with E-state index in [-0.39, 0.29) is 29.9 Å². The van der Waals surface area contributed by atoms with E-state index in [0.29, 0.717) is 25.2 Å². The van der Waals surface area contributed by atoms with Crippen LogP contribution >= 0.6 is 0 Å². The summed E-state index contributed by atoms with van der Waals surface area (Å²) in [4.78, 5) is 35.0. The minimum atomic E-state index is -0.0628. The summed E-state index contributed by atoms with van der Waals surface area (Å²) in [5, 5.41) is 6.79. The molecule has 0 aliphatic carbocycles. The number of nitrogens with zero attached hydrogens (tertiary/aromatic N) is 4. The number of piperidine rings is 1. The smallest absolute Gasteiger partial charge is 0.239 e. The zero-order valence-electron chi connectivity index (χ0n) is 19.7. The first kappa shape index (κ1) is 23.0. The summed E-state index contributed by atoms with van der Waals surface area (Å²) in [6.45, 7) is 10.7. The lowest BCUT2D eigenvalue weighted by molar-refractivity contribution is -0.134. The van der Waals surface area contributed by atoms with E-state index in [9.17, 15) is 9.59 Å². The molecule has 4 aliphatic rings. The molecule has 0 aromatic heterocycles. The standard InChI is InChI=1S/C23H42N6O2/c1-17(2)29-11-9-19-22(29)23(31)25-16-18(26(19)3)7-8-21(30)28-14-12-27(13-15-28)20-6-4-5-10-24-20/h17-20,22,24H,4-16H2,1-3H3,(H,25,31). The maximum atomic E-state index is 12.9. The molecule has 8 nitrogen and oxygen atoms in total. The summed E-state index contributed by atoms with van der Waals surface area (Å²) in [5.41, 5.74) is 0. The van der Waals surface area contributed by atoms with Crippen LogP contribution in [-0.4, -0.2) is 115 Å². The molecule has 2 N–H and O–H groups in total. The van der Waals surface area contributed by atoms with Crippen LogP contribution in [0.25, 0.3) is 0 Å². The summed E-state index contributed by atoms with van der Waals surface area (Å²) in [7, 11) is 2.15. The molecule has 4 fully saturated rings. The van der Waals surface area contributed by atoms with Gasteiger partial charge >= 0.3 is 0 Å². The normalized spacial score (nSPS) is 33.9. The van der Waals surface area contributed by atoms with E-state index in [4.69, 9.17) is 0 Å². The van der Waals surface area contributed by atoms with Crippen molar-refractivity contribution in [1.29, 1.82) is 0 Å². The predicted octanol–water partition coefficient (Wildman–Crippen LogP) is 0.292. The number of hydrogen-bond donors (Lipinski definition) is 2. The first-order valence-corrected chi connectivity index (χ1v) is 12.5. The topological polar surface area (TPSA) is 71.2 Å². The molecule has 0 spiro atoms. The lowest BCUT2D eigenvalue weighted by Crippen LogP contribution is -2.56. The lowest BCUT2D eigenvalue weighted by atomic mass is 10.0. The molecule has 4 heterocycles. The van der Waals surface area contributed by atoms with Gasteiger partial charge in [0.25, 0.3) is 0 Å². The van der Waals surface area contributed by atoms with Crippen LogP contribution in [0.5, 0.6) is 0 Å². The molecule has 0 saturated carbocycles. The Morgan fingerprint density at radius 3 is 2.55 bits per heavy atom. The molecule has 2 amide bonds. The number of amides is 2. The summed E-state index contributed by atoms with van der Waals surface area (Å²) in [6, 6.07) is 0.779. The van der Waals surface area contributed by atoms with Gasteiger partial charge in [0.05, 0.1) is 6.17 Å². The van der Waals surface area contributed by atoms with Crippen LogP contribution in [0.15, 0.2) is 0 Å². The van der Waals surface area contributed by atoms with Gasteiger partial charge in [-0.25, -0.2) is 0 Å². The Hall–Kier alpha value is -1.22. The molecule has 4 saturated heterocycles. The van der Waals surface area contributed by atoms with Gasteiger partial charge in [0.2, 0.25) is 11.8 Å². The summed E-state index contributed by atoms with van der Waals surface area (Å²) >= 11 is 0. The molecule has 31 heavy (non-hydrogen) atoms. The Kier molecular flexibility index (Phi) is 7.52. The zero-order valence-corrected chi connectivity index (χ0v) is 19.7. The van der Waals surface area contributed by atoms with Crippen LogP contribution < -0.4 is 10.6 Å². The fourth-order valence-corrected chi connectivity index (χ4v) is 6.05. The minimum absolute atomic E-state index is 0.0628. The average molecular weight is 435 g/mol. The highest BCUT2D eigenvalue weighted by molar-refractivity contribution is 5.83. The van der Waals surface area contributed by atoms with Crippen LogP contribution in [0.2, 0.25) is 0 Å². The molecule has 4 aliphatic heterocycles. The Morgan fingerprint density at radius 1 is 1.10 bits per heavy atom. The van der Waals surface area contributed by atoms with Crippen molar-refractivity contribution < 1.29 is 9.59 Å². The molecule has 4 rings (SSSR count). The van der Waals surface area contributed by atoms with Gasteiger partial charge in [0.15, 0.2) is 0 Å². The number of piperazine rings is 1. The molecular formula is C23H42N6O2. The number of fused-ring (bicyclic) bond motifs is 1. The molecule has 0 aromatic rings. The van der Waals surface area contributed by atoms with Crippen LogP contribution in [0.1, 0.15) is 52.4 Å². The van der Waals surface area contributed by atoms with E-state index in [0.717, 1.165) is 52.1 Å². The predicted molar refractivity (Wildman–Crippen MR) is 122 cm³/mol. The van der Waals surface area contributed by atoms with Crippen LogP contribution in [0, 0.1) is 0 Å². The Balaban J connectivity index is 1.26. The first-order chi connectivity index (χ1) is 15.0. The largest absolute Gasteiger partial charge is 0.353 e. The van der Waals surface area contributed by atoms with Gasteiger partial charge in [0.1, 0.15) is 6.04 Å². The second-order valence-corrected chi connectivity index (χ2v) is 10.1. The Bertz CT molecular complexity index is 630. The molecule has 0 bridgehead atoms.